The lowest BCUT2D eigenvalue weighted by molar-refractivity contribution is -0.116. The molecule has 0 saturated heterocycles. The fourth-order valence-corrected chi connectivity index (χ4v) is 4.44. The lowest BCUT2D eigenvalue weighted by Crippen LogP contribution is -2.50. The van der Waals surface area contributed by atoms with Crippen LogP contribution in [0.5, 0.6) is 11.5 Å². The van der Waals surface area contributed by atoms with Gasteiger partial charge in [-0.25, -0.2) is 5.01 Å². The highest BCUT2D eigenvalue weighted by Crippen LogP contribution is 2.39. The van der Waals surface area contributed by atoms with Gasteiger partial charge in [-0.15, -0.1) is 5.10 Å². The van der Waals surface area contributed by atoms with Gasteiger partial charge in [-0.3, -0.25) is 15.1 Å². The van der Waals surface area contributed by atoms with E-state index in [2.05, 4.69) is 42.3 Å². The average molecular weight is 526 g/mol. The van der Waals surface area contributed by atoms with E-state index >= 15 is 0 Å². The number of halogens is 2. The number of aromatic hydroxyl groups is 2. The van der Waals surface area contributed by atoms with Crippen LogP contribution >= 0.6 is 43.6 Å². The highest BCUT2D eigenvalue weighted by Gasteiger charge is 2.35. The van der Waals surface area contributed by atoms with Crippen molar-refractivity contribution in [3.05, 3.63) is 55.4 Å². The van der Waals surface area contributed by atoms with E-state index in [1.807, 2.05) is 25.1 Å². The van der Waals surface area contributed by atoms with Crippen LogP contribution in [0, 0.1) is 0 Å². The number of thioether (sulfide) groups is 1. The number of hydrogen-bond acceptors (Lipinski definition) is 7. The fraction of sp³-hybridized carbons (Fsp3) is 0.167. The van der Waals surface area contributed by atoms with Crippen molar-refractivity contribution in [2.45, 2.75) is 13.1 Å². The van der Waals surface area contributed by atoms with E-state index in [0.29, 0.717) is 31.5 Å². The van der Waals surface area contributed by atoms with Crippen LogP contribution in [-0.2, 0) is 4.79 Å². The molecule has 0 aliphatic carbocycles. The number of nitrogens with zero attached hydrogens (tertiary/aromatic N) is 3. The van der Waals surface area contributed by atoms with Crippen molar-refractivity contribution >= 4 is 60.4 Å². The Morgan fingerprint density at radius 2 is 2.04 bits per heavy atom. The summed E-state index contributed by atoms with van der Waals surface area (Å²) in [5.41, 5.74) is 0.952. The number of rotatable bonds is 2. The van der Waals surface area contributed by atoms with Gasteiger partial charge in [0.1, 0.15) is 5.70 Å². The number of nitrogens with one attached hydrogen (secondary N) is 1. The Balaban J connectivity index is 1.98. The van der Waals surface area contributed by atoms with Gasteiger partial charge in [-0.1, -0.05) is 34.6 Å². The molecule has 1 unspecified atom stereocenters. The lowest BCUT2D eigenvalue weighted by Gasteiger charge is -2.34. The zero-order valence-corrected chi connectivity index (χ0v) is 18.5. The SMILES string of the molecule is CCSC1=NN2C(=c3cc(Br)ccc3=NC2c2cc(O)c(O)c(Br)c2)C(=O)N1. The number of benzene rings is 2. The summed E-state index contributed by atoms with van der Waals surface area (Å²) in [4.78, 5) is 17.7. The minimum Gasteiger partial charge on any atom is -0.504 e. The molecule has 2 heterocycles. The number of hydrogen-bond donors (Lipinski definition) is 3. The van der Waals surface area contributed by atoms with Crippen LogP contribution in [0.1, 0.15) is 18.7 Å². The molecule has 0 aromatic heterocycles. The average Bonchev–Trinajstić information content (AvgIpc) is 2.65. The van der Waals surface area contributed by atoms with Gasteiger partial charge in [-0.05, 0) is 52.0 Å². The maximum atomic E-state index is 12.9. The summed E-state index contributed by atoms with van der Waals surface area (Å²) in [5, 5.41) is 30.7. The number of phenolic OH excluding ortho intramolecular Hbond substituents is 2. The van der Waals surface area contributed by atoms with Crippen LogP contribution in [0.3, 0.4) is 0 Å². The highest BCUT2D eigenvalue weighted by molar-refractivity contribution is 9.10. The molecule has 2 aromatic carbocycles. The molecular formula is C18H14Br2N4O3S. The first-order valence-corrected chi connectivity index (χ1v) is 10.9. The number of amides is 1. The van der Waals surface area contributed by atoms with Crippen LogP contribution in [0.4, 0.5) is 0 Å². The molecule has 28 heavy (non-hydrogen) atoms. The summed E-state index contributed by atoms with van der Waals surface area (Å²) in [6.45, 7) is 1.97. The van der Waals surface area contributed by atoms with E-state index in [1.165, 1.54) is 17.8 Å². The molecule has 0 bridgehead atoms. The van der Waals surface area contributed by atoms with Crippen molar-refractivity contribution < 1.29 is 15.0 Å². The second kappa shape index (κ2) is 7.41. The number of carbonyl (C=O) groups excluding carboxylic acids is 1. The molecule has 144 valence electrons. The van der Waals surface area contributed by atoms with Crippen molar-refractivity contribution in [1.82, 2.24) is 10.3 Å². The number of carbonyl (C=O) groups is 1. The van der Waals surface area contributed by atoms with Crippen molar-refractivity contribution in [3.63, 3.8) is 0 Å². The minimum atomic E-state index is -0.676. The van der Waals surface area contributed by atoms with Crippen LogP contribution < -0.4 is 15.9 Å². The zero-order valence-electron chi connectivity index (χ0n) is 14.5. The summed E-state index contributed by atoms with van der Waals surface area (Å²) in [5.74, 6) is -0.0589. The van der Waals surface area contributed by atoms with Gasteiger partial charge in [0.15, 0.2) is 22.8 Å². The Hall–Kier alpha value is -2.04. The maximum absolute atomic E-state index is 12.9. The molecule has 2 aliphatic heterocycles. The summed E-state index contributed by atoms with van der Waals surface area (Å²) in [6, 6.07) is 8.57. The van der Waals surface area contributed by atoms with E-state index in [4.69, 9.17) is 4.99 Å². The van der Waals surface area contributed by atoms with Gasteiger partial charge in [0.25, 0.3) is 5.91 Å². The number of fused-ring (bicyclic) bond motifs is 2. The van der Waals surface area contributed by atoms with Crippen LogP contribution in [-0.4, -0.2) is 32.0 Å². The predicted octanol–water partition coefficient (Wildman–Crippen LogP) is 2.52. The Kier molecular flexibility index (Phi) is 5.11. The summed E-state index contributed by atoms with van der Waals surface area (Å²) >= 11 is 8.09. The van der Waals surface area contributed by atoms with Gasteiger partial charge >= 0.3 is 0 Å². The van der Waals surface area contributed by atoms with Gasteiger partial charge in [0.05, 0.1) is 9.83 Å². The van der Waals surface area contributed by atoms with Gasteiger partial charge < -0.3 is 10.2 Å². The Morgan fingerprint density at radius 1 is 1.25 bits per heavy atom. The molecule has 7 nitrogen and oxygen atoms in total. The molecule has 2 aliphatic rings. The van der Waals surface area contributed by atoms with E-state index < -0.39 is 6.17 Å². The van der Waals surface area contributed by atoms with Crippen molar-refractivity contribution in [3.8, 4) is 11.5 Å². The molecular weight excluding hydrogens is 512 g/mol. The van der Waals surface area contributed by atoms with E-state index in [0.717, 1.165) is 10.2 Å². The van der Waals surface area contributed by atoms with Crippen LogP contribution in [0.2, 0.25) is 0 Å². The molecule has 0 saturated carbocycles. The smallest absolute Gasteiger partial charge is 0.276 e. The minimum absolute atomic E-state index is 0.254. The molecule has 0 spiro atoms. The number of phenols is 2. The first kappa shape index (κ1) is 19.3. The lowest BCUT2D eigenvalue weighted by atomic mass is 10.1. The molecule has 0 radical (unpaired) electrons. The summed E-state index contributed by atoms with van der Waals surface area (Å²) in [6.07, 6.45) is -0.676. The molecule has 10 heteroatoms. The van der Waals surface area contributed by atoms with Crippen LogP contribution in [0.25, 0.3) is 5.70 Å². The van der Waals surface area contributed by atoms with Crippen molar-refractivity contribution in [1.29, 1.82) is 0 Å². The number of amidine groups is 1. The first-order chi connectivity index (χ1) is 13.4. The van der Waals surface area contributed by atoms with E-state index in [9.17, 15) is 15.0 Å². The third kappa shape index (κ3) is 3.29. The first-order valence-electron chi connectivity index (χ1n) is 8.30. The molecule has 4 rings (SSSR count). The molecule has 2 aromatic rings. The standard InChI is InChI=1S/C18H14Br2N4O3S/c1-2-28-18-22-17(27)14-10-7-9(19)3-4-12(10)21-16(24(14)23-18)8-5-11(20)15(26)13(25)6-8/h3-7,16,25-26H,2H2,1H3,(H,22,23,27). The Bertz CT molecular complexity index is 1130. The monoisotopic (exact) mass is 524 g/mol. The molecule has 1 amide bonds. The third-order valence-electron chi connectivity index (χ3n) is 4.21. The quantitative estimate of drug-likeness (QED) is 0.523. The fourth-order valence-electron chi connectivity index (χ4n) is 3.02. The summed E-state index contributed by atoms with van der Waals surface area (Å²) in [7, 11) is 0. The van der Waals surface area contributed by atoms with Gasteiger partial charge in [-0.2, -0.15) is 0 Å². The second-order valence-electron chi connectivity index (χ2n) is 6.02. The second-order valence-corrected chi connectivity index (χ2v) is 9.04. The van der Waals surface area contributed by atoms with Gasteiger partial charge in [0.2, 0.25) is 0 Å². The third-order valence-corrected chi connectivity index (χ3v) is 6.06. The zero-order chi connectivity index (χ0) is 20.0. The Morgan fingerprint density at radius 3 is 2.75 bits per heavy atom. The summed E-state index contributed by atoms with van der Waals surface area (Å²) < 4.78 is 1.15. The number of hydrazone groups is 1. The molecule has 0 fully saturated rings. The topological polar surface area (TPSA) is 97.5 Å². The van der Waals surface area contributed by atoms with E-state index in [-0.39, 0.29) is 17.4 Å². The highest BCUT2D eigenvalue weighted by atomic mass is 79.9. The maximum Gasteiger partial charge on any atom is 0.276 e. The van der Waals surface area contributed by atoms with Crippen molar-refractivity contribution in [2.24, 2.45) is 10.1 Å². The Labute approximate surface area is 181 Å². The largest absolute Gasteiger partial charge is 0.504 e. The van der Waals surface area contributed by atoms with E-state index in [1.54, 1.807) is 11.1 Å². The predicted molar refractivity (Wildman–Crippen MR) is 114 cm³/mol. The molecule has 3 N–H and O–H groups in total. The molecule has 1 atom stereocenters. The normalized spacial score (nSPS) is 18.0. The van der Waals surface area contributed by atoms with Crippen LogP contribution in [0.15, 0.2) is 49.4 Å². The van der Waals surface area contributed by atoms with Crippen molar-refractivity contribution in [2.75, 3.05) is 5.75 Å². The van der Waals surface area contributed by atoms with Gasteiger partial charge in [0, 0.05) is 15.3 Å².